The van der Waals surface area contributed by atoms with Gasteiger partial charge in [-0.3, -0.25) is 4.79 Å². The van der Waals surface area contributed by atoms with Gasteiger partial charge in [-0.1, -0.05) is 0 Å². The second-order valence-electron chi connectivity index (χ2n) is 2.44. The van der Waals surface area contributed by atoms with Crippen molar-refractivity contribution in [2.75, 3.05) is 18.0 Å². The predicted molar refractivity (Wildman–Crippen MR) is 47.5 cm³/mol. The van der Waals surface area contributed by atoms with Gasteiger partial charge in [0, 0.05) is 13.1 Å². The summed E-state index contributed by atoms with van der Waals surface area (Å²) in [5, 5.41) is 0. The van der Waals surface area contributed by atoms with Gasteiger partial charge in [-0.15, -0.1) is 0 Å². The van der Waals surface area contributed by atoms with Crippen LogP contribution in [0.15, 0.2) is 6.20 Å². The number of imidazole rings is 1. The number of aldehydes is 1. The average molecular weight is 167 g/mol. The number of hydrogen-bond donors (Lipinski definition) is 1. The number of carbonyl (C=O) groups is 1. The van der Waals surface area contributed by atoms with Gasteiger partial charge in [0.05, 0.1) is 6.20 Å². The molecule has 0 amide bonds. The van der Waals surface area contributed by atoms with Gasteiger partial charge in [-0.2, -0.15) is 0 Å². The first kappa shape index (κ1) is 8.77. The van der Waals surface area contributed by atoms with Crippen molar-refractivity contribution in [3.05, 3.63) is 12.0 Å². The molecule has 12 heavy (non-hydrogen) atoms. The van der Waals surface area contributed by atoms with Crippen LogP contribution in [0.5, 0.6) is 0 Å². The van der Waals surface area contributed by atoms with Crippen molar-refractivity contribution in [2.45, 2.75) is 13.8 Å². The van der Waals surface area contributed by atoms with E-state index in [2.05, 4.69) is 28.7 Å². The molecule has 1 rings (SSSR count). The standard InChI is InChI=1S/C8H13N3O/c1-3-11(4-2)8-5-9-7(6-12)10-8/h5-6H,3-4H2,1-2H3,(H,9,10). The van der Waals surface area contributed by atoms with Gasteiger partial charge in [0.1, 0.15) is 5.82 Å². The lowest BCUT2D eigenvalue weighted by Crippen LogP contribution is -2.22. The third kappa shape index (κ3) is 1.64. The normalized spacial score (nSPS) is 9.83. The molecule has 1 aromatic heterocycles. The summed E-state index contributed by atoms with van der Waals surface area (Å²) in [6, 6.07) is 0. The molecule has 0 aliphatic carbocycles. The molecule has 0 atom stereocenters. The molecule has 0 bridgehead atoms. The van der Waals surface area contributed by atoms with Crippen molar-refractivity contribution in [3.8, 4) is 0 Å². The summed E-state index contributed by atoms with van der Waals surface area (Å²) in [5.41, 5.74) is 0. The third-order valence-corrected chi connectivity index (χ3v) is 1.80. The fourth-order valence-corrected chi connectivity index (χ4v) is 1.11. The Kier molecular flexibility index (Phi) is 2.85. The number of nitrogens with one attached hydrogen (secondary N) is 1. The largest absolute Gasteiger partial charge is 0.357 e. The molecule has 0 saturated carbocycles. The van der Waals surface area contributed by atoms with Crippen molar-refractivity contribution in [1.82, 2.24) is 9.97 Å². The van der Waals surface area contributed by atoms with Crippen molar-refractivity contribution < 1.29 is 4.79 Å². The maximum atomic E-state index is 10.3. The number of carbonyl (C=O) groups excluding carboxylic acids is 1. The first-order valence-electron chi connectivity index (χ1n) is 4.07. The fourth-order valence-electron chi connectivity index (χ4n) is 1.11. The Morgan fingerprint density at radius 3 is 2.67 bits per heavy atom. The first-order valence-corrected chi connectivity index (χ1v) is 4.07. The van der Waals surface area contributed by atoms with E-state index in [4.69, 9.17) is 0 Å². The van der Waals surface area contributed by atoms with Crippen LogP contribution in [0.4, 0.5) is 5.82 Å². The fraction of sp³-hybridized carbons (Fsp3) is 0.500. The number of hydrogen-bond acceptors (Lipinski definition) is 3. The molecule has 0 aromatic carbocycles. The van der Waals surface area contributed by atoms with Gasteiger partial charge >= 0.3 is 0 Å². The van der Waals surface area contributed by atoms with E-state index in [1.54, 1.807) is 6.20 Å². The van der Waals surface area contributed by atoms with E-state index in [1.807, 2.05) is 0 Å². The lowest BCUT2D eigenvalue weighted by molar-refractivity contribution is 0.111. The van der Waals surface area contributed by atoms with Gasteiger partial charge in [-0.25, -0.2) is 4.98 Å². The summed E-state index contributed by atoms with van der Waals surface area (Å²) in [6.45, 7) is 5.95. The van der Waals surface area contributed by atoms with E-state index in [0.29, 0.717) is 12.1 Å². The molecular formula is C8H13N3O. The van der Waals surface area contributed by atoms with Gasteiger partial charge in [0.2, 0.25) is 0 Å². The summed E-state index contributed by atoms with van der Waals surface area (Å²) in [4.78, 5) is 19.2. The van der Waals surface area contributed by atoms with Crippen LogP contribution in [-0.2, 0) is 0 Å². The topological polar surface area (TPSA) is 49.0 Å². The summed E-state index contributed by atoms with van der Waals surface area (Å²) >= 11 is 0. The highest BCUT2D eigenvalue weighted by Gasteiger charge is 2.04. The van der Waals surface area contributed by atoms with E-state index in [-0.39, 0.29) is 0 Å². The van der Waals surface area contributed by atoms with E-state index >= 15 is 0 Å². The van der Waals surface area contributed by atoms with E-state index in [9.17, 15) is 4.79 Å². The van der Waals surface area contributed by atoms with Crippen LogP contribution in [0.1, 0.15) is 24.5 Å². The van der Waals surface area contributed by atoms with Gasteiger partial charge in [0.25, 0.3) is 0 Å². The molecule has 4 heteroatoms. The quantitative estimate of drug-likeness (QED) is 0.682. The van der Waals surface area contributed by atoms with Crippen LogP contribution in [0.25, 0.3) is 0 Å². The Labute approximate surface area is 71.6 Å². The van der Waals surface area contributed by atoms with Gasteiger partial charge < -0.3 is 9.88 Å². The first-order chi connectivity index (χ1) is 5.81. The number of nitrogens with zero attached hydrogens (tertiary/aromatic N) is 2. The Bertz CT molecular complexity index is 253. The van der Waals surface area contributed by atoms with Crippen LogP contribution < -0.4 is 4.90 Å². The molecule has 0 unspecified atom stereocenters. The minimum atomic E-state index is 0.386. The van der Waals surface area contributed by atoms with Crippen molar-refractivity contribution in [3.63, 3.8) is 0 Å². The van der Waals surface area contributed by atoms with E-state index < -0.39 is 0 Å². The maximum absolute atomic E-state index is 10.3. The van der Waals surface area contributed by atoms with Gasteiger partial charge in [0.15, 0.2) is 12.1 Å². The molecule has 1 heterocycles. The molecule has 66 valence electrons. The number of anilines is 1. The lowest BCUT2D eigenvalue weighted by atomic mass is 10.5. The Hall–Kier alpha value is -1.32. The molecule has 0 fully saturated rings. The number of rotatable bonds is 4. The van der Waals surface area contributed by atoms with Crippen molar-refractivity contribution in [2.24, 2.45) is 0 Å². The highest BCUT2D eigenvalue weighted by Crippen LogP contribution is 2.08. The van der Waals surface area contributed by atoms with Crippen LogP contribution in [-0.4, -0.2) is 29.3 Å². The van der Waals surface area contributed by atoms with Crippen molar-refractivity contribution >= 4 is 12.1 Å². The average Bonchev–Trinajstić information content (AvgIpc) is 2.55. The maximum Gasteiger partial charge on any atom is 0.185 e. The van der Waals surface area contributed by atoms with Crippen molar-refractivity contribution in [1.29, 1.82) is 0 Å². The Balaban J connectivity index is 2.79. The summed E-state index contributed by atoms with van der Waals surface area (Å²) < 4.78 is 0. The minimum Gasteiger partial charge on any atom is -0.357 e. The predicted octanol–water partition coefficient (Wildman–Crippen LogP) is 1.07. The number of H-pyrrole nitrogens is 1. The number of aromatic amines is 1. The van der Waals surface area contributed by atoms with Crippen LogP contribution in [0.2, 0.25) is 0 Å². The summed E-state index contributed by atoms with van der Waals surface area (Å²) in [6.07, 6.45) is 2.39. The molecule has 1 aromatic rings. The SMILES string of the molecule is CCN(CC)c1cnc(C=O)[nH]1. The van der Waals surface area contributed by atoms with Crippen LogP contribution >= 0.6 is 0 Å². The third-order valence-electron chi connectivity index (χ3n) is 1.80. The molecule has 1 N–H and O–H groups in total. The highest BCUT2D eigenvalue weighted by molar-refractivity contribution is 5.70. The summed E-state index contributed by atoms with van der Waals surface area (Å²) in [5.74, 6) is 1.29. The lowest BCUT2D eigenvalue weighted by Gasteiger charge is -2.17. The molecule has 0 aliphatic rings. The minimum absolute atomic E-state index is 0.386. The Morgan fingerprint density at radius 1 is 1.58 bits per heavy atom. The molecule has 4 nitrogen and oxygen atoms in total. The highest BCUT2D eigenvalue weighted by atomic mass is 16.1. The van der Waals surface area contributed by atoms with Gasteiger partial charge in [-0.05, 0) is 13.8 Å². The molecule has 0 aliphatic heterocycles. The molecule has 0 spiro atoms. The monoisotopic (exact) mass is 167 g/mol. The number of aromatic nitrogens is 2. The molecule has 0 saturated heterocycles. The van der Waals surface area contributed by atoms with Crippen LogP contribution in [0, 0.1) is 0 Å². The smallest absolute Gasteiger partial charge is 0.185 e. The van der Waals surface area contributed by atoms with E-state index in [1.165, 1.54) is 0 Å². The van der Waals surface area contributed by atoms with Crippen LogP contribution in [0.3, 0.4) is 0 Å². The second kappa shape index (κ2) is 3.90. The zero-order valence-electron chi connectivity index (χ0n) is 7.37. The molecular weight excluding hydrogens is 154 g/mol. The van der Waals surface area contributed by atoms with E-state index in [0.717, 1.165) is 18.9 Å². The molecule has 0 radical (unpaired) electrons. The zero-order chi connectivity index (χ0) is 8.97. The Morgan fingerprint density at radius 2 is 2.25 bits per heavy atom. The second-order valence-corrected chi connectivity index (χ2v) is 2.44. The summed E-state index contributed by atoms with van der Waals surface area (Å²) in [7, 11) is 0. The zero-order valence-corrected chi connectivity index (χ0v) is 7.37.